The number of nitrogens with one attached hydrogen (secondary N) is 2. The van der Waals surface area contributed by atoms with Crippen LogP contribution in [0.2, 0.25) is 0 Å². The third-order valence-corrected chi connectivity index (χ3v) is 5.87. The van der Waals surface area contributed by atoms with E-state index < -0.39 is 11.7 Å². The molecule has 0 saturated heterocycles. The fourth-order valence-electron chi connectivity index (χ4n) is 3.40. The maximum Gasteiger partial charge on any atom is 0.408 e. The predicted molar refractivity (Wildman–Crippen MR) is 128 cm³/mol. The molecule has 4 aromatic rings. The number of alkyl carbamates (subject to hydrolysis) is 1. The summed E-state index contributed by atoms with van der Waals surface area (Å²) in [5.74, 6) is 0.589. The maximum atomic E-state index is 13.1. The number of halogens is 1. The number of aromatic nitrogens is 2. The number of H-pyrrole nitrogens is 1. The minimum absolute atomic E-state index is 0.0922. The third kappa shape index (κ3) is 4.41. The molecule has 0 aliphatic rings. The van der Waals surface area contributed by atoms with E-state index in [0.717, 1.165) is 21.3 Å². The fraction of sp³-hybridized carbons (Fsp3) is 0.292. The van der Waals surface area contributed by atoms with Gasteiger partial charge in [0.15, 0.2) is 0 Å². The number of nitrogens with zero attached hydrogens (tertiary/aromatic N) is 1. The Labute approximate surface area is 193 Å². The molecule has 1 amide bonds. The van der Waals surface area contributed by atoms with Gasteiger partial charge in [0, 0.05) is 10.0 Å². The minimum Gasteiger partial charge on any atom is -0.456 e. The molecule has 2 aromatic carbocycles. The molecule has 7 nitrogen and oxygen atoms in total. The zero-order chi connectivity index (χ0) is 23.2. The molecule has 0 saturated carbocycles. The molecule has 0 spiro atoms. The number of fused-ring (bicyclic) bond motifs is 2. The summed E-state index contributed by atoms with van der Waals surface area (Å²) < 4.78 is 12.1. The van der Waals surface area contributed by atoms with Gasteiger partial charge in [0.05, 0.1) is 28.7 Å². The van der Waals surface area contributed by atoms with Crippen molar-refractivity contribution in [2.45, 2.75) is 46.3 Å². The highest BCUT2D eigenvalue weighted by molar-refractivity contribution is 9.10. The van der Waals surface area contributed by atoms with Crippen molar-refractivity contribution in [1.29, 1.82) is 0 Å². The number of carbonyl (C=O) groups is 1. The Morgan fingerprint density at radius 2 is 1.91 bits per heavy atom. The first-order valence-electron chi connectivity index (χ1n) is 10.2. The molecule has 0 radical (unpaired) electrons. The van der Waals surface area contributed by atoms with Gasteiger partial charge < -0.3 is 19.5 Å². The van der Waals surface area contributed by atoms with Gasteiger partial charge in [-0.1, -0.05) is 15.9 Å². The van der Waals surface area contributed by atoms with Crippen molar-refractivity contribution in [3.63, 3.8) is 0 Å². The molecule has 8 heteroatoms. The molecule has 0 fully saturated rings. The highest BCUT2D eigenvalue weighted by atomic mass is 79.9. The van der Waals surface area contributed by atoms with Crippen LogP contribution in [0.4, 0.5) is 4.79 Å². The van der Waals surface area contributed by atoms with Crippen LogP contribution in [-0.2, 0) is 4.74 Å². The third-order valence-electron chi connectivity index (χ3n) is 5.02. The zero-order valence-electron chi connectivity index (χ0n) is 18.5. The summed E-state index contributed by atoms with van der Waals surface area (Å²) in [5.41, 5.74) is 2.80. The van der Waals surface area contributed by atoms with E-state index >= 15 is 0 Å². The van der Waals surface area contributed by atoms with Gasteiger partial charge in [0.1, 0.15) is 22.6 Å². The Kier molecular flexibility index (Phi) is 5.58. The molecule has 166 valence electrons. The topological polar surface area (TPSA) is 97.2 Å². The van der Waals surface area contributed by atoms with Crippen LogP contribution < -0.4 is 10.7 Å². The number of carbonyl (C=O) groups excluding carboxylic acids is 1. The van der Waals surface area contributed by atoms with E-state index in [0.29, 0.717) is 27.8 Å². The van der Waals surface area contributed by atoms with E-state index in [4.69, 9.17) is 9.15 Å². The van der Waals surface area contributed by atoms with E-state index in [1.807, 2.05) is 52.8 Å². The minimum atomic E-state index is -0.575. The number of rotatable bonds is 3. The number of aromatic amines is 1. The first-order valence-corrected chi connectivity index (χ1v) is 11.0. The number of imidazole rings is 1. The van der Waals surface area contributed by atoms with Gasteiger partial charge in [-0.05, 0) is 70.5 Å². The molecule has 1 atom stereocenters. The number of amides is 1. The second kappa shape index (κ2) is 8.09. The molecular weight excluding hydrogens is 474 g/mol. The summed E-state index contributed by atoms with van der Waals surface area (Å²) >= 11 is 3.48. The summed E-state index contributed by atoms with van der Waals surface area (Å²) in [7, 11) is 0. The van der Waals surface area contributed by atoms with Crippen LogP contribution in [0.25, 0.3) is 33.3 Å². The van der Waals surface area contributed by atoms with Gasteiger partial charge in [0.2, 0.25) is 5.43 Å². The van der Waals surface area contributed by atoms with Crippen LogP contribution in [0.3, 0.4) is 0 Å². The molecule has 0 bridgehead atoms. The van der Waals surface area contributed by atoms with E-state index in [-0.39, 0.29) is 11.5 Å². The predicted octanol–water partition coefficient (Wildman–Crippen LogP) is 5.99. The molecule has 2 N–H and O–H groups in total. The van der Waals surface area contributed by atoms with E-state index in [9.17, 15) is 9.59 Å². The monoisotopic (exact) mass is 497 g/mol. The molecule has 0 unspecified atom stereocenters. The van der Waals surface area contributed by atoms with Gasteiger partial charge in [0.25, 0.3) is 0 Å². The van der Waals surface area contributed by atoms with E-state index in [2.05, 4.69) is 31.2 Å². The highest BCUT2D eigenvalue weighted by Crippen LogP contribution is 2.27. The Bertz CT molecular complexity index is 1400. The smallest absolute Gasteiger partial charge is 0.408 e. The van der Waals surface area contributed by atoms with Crippen molar-refractivity contribution in [3.05, 3.63) is 62.5 Å². The Morgan fingerprint density at radius 3 is 2.62 bits per heavy atom. The van der Waals surface area contributed by atoms with E-state index in [1.165, 1.54) is 0 Å². The number of benzene rings is 2. The Morgan fingerprint density at radius 1 is 1.19 bits per heavy atom. The Balaban J connectivity index is 1.66. The van der Waals surface area contributed by atoms with Crippen molar-refractivity contribution in [2.75, 3.05) is 0 Å². The second-order valence-electron chi connectivity index (χ2n) is 8.79. The van der Waals surface area contributed by atoms with Crippen molar-refractivity contribution in [2.24, 2.45) is 0 Å². The van der Waals surface area contributed by atoms with Gasteiger partial charge in [-0.2, -0.15) is 0 Å². The lowest BCUT2D eigenvalue weighted by atomic mass is 10.1. The molecule has 4 rings (SSSR count). The lowest BCUT2D eigenvalue weighted by Crippen LogP contribution is -2.34. The highest BCUT2D eigenvalue weighted by Gasteiger charge is 2.19. The first-order chi connectivity index (χ1) is 15.0. The largest absolute Gasteiger partial charge is 0.456 e. The van der Waals surface area contributed by atoms with Crippen LogP contribution in [0.1, 0.15) is 45.0 Å². The molecule has 0 aliphatic heterocycles. The van der Waals surface area contributed by atoms with Gasteiger partial charge in [-0.15, -0.1) is 0 Å². The van der Waals surface area contributed by atoms with Gasteiger partial charge >= 0.3 is 6.09 Å². The summed E-state index contributed by atoms with van der Waals surface area (Å²) in [5, 5.41) is 3.80. The number of aryl methyl sites for hydroxylation is 1. The lowest BCUT2D eigenvalue weighted by Gasteiger charge is -2.21. The molecule has 32 heavy (non-hydrogen) atoms. The fourth-order valence-corrected chi connectivity index (χ4v) is 3.72. The average molecular weight is 498 g/mol. The normalized spacial score (nSPS) is 12.8. The summed E-state index contributed by atoms with van der Waals surface area (Å²) in [6.07, 6.45) is 1.16. The molecule has 2 aromatic heterocycles. The van der Waals surface area contributed by atoms with Crippen LogP contribution >= 0.6 is 15.9 Å². The second-order valence-corrected chi connectivity index (χ2v) is 9.65. The zero-order valence-corrected chi connectivity index (χ0v) is 20.1. The van der Waals surface area contributed by atoms with Crippen molar-refractivity contribution in [3.8, 4) is 11.4 Å². The van der Waals surface area contributed by atoms with E-state index in [1.54, 1.807) is 18.3 Å². The molecular formula is C24H24BrN3O4. The SMILES string of the molecule is Cc1cc2c(=O)c3cc(-c4ncc([C@H](C)NC(=O)OC(C)(C)C)[nH]4)ccc3oc2cc1Br. The maximum absolute atomic E-state index is 13.1. The first kappa shape index (κ1) is 22.1. The summed E-state index contributed by atoms with van der Waals surface area (Å²) in [4.78, 5) is 32.8. The molecule has 2 heterocycles. The van der Waals surface area contributed by atoms with Crippen LogP contribution in [0, 0.1) is 6.92 Å². The standard InChI is InChI=1S/C24H24BrN3O4/c1-12-8-15-20(10-17(12)25)31-19-7-6-14(9-16(19)21(15)29)22-26-11-18(28-22)13(2)27-23(30)32-24(3,4)5/h6-11,13H,1-5H3,(H,26,28)(H,27,30)/t13-/m0/s1. The average Bonchev–Trinajstić information content (AvgIpc) is 3.18. The van der Waals surface area contributed by atoms with Gasteiger partial charge in [-0.3, -0.25) is 4.79 Å². The van der Waals surface area contributed by atoms with Gasteiger partial charge in [-0.25, -0.2) is 9.78 Å². The van der Waals surface area contributed by atoms with Crippen molar-refractivity contribution in [1.82, 2.24) is 15.3 Å². The van der Waals surface area contributed by atoms with Crippen LogP contribution in [-0.4, -0.2) is 21.7 Å². The Hall–Kier alpha value is -3.13. The summed E-state index contributed by atoms with van der Waals surface area (Å²) in [6, 6.07) is 8.69. The quantitative estimate of drug-likeness (QED) is 0.338. The molecule has 0 aliphatic carbocycles. The number of ether oxygens (including phenoxy) is 1. The van der Waals surface area contributed by atoms with Crippen molar-refractivity contribution >= 4 is 44.0 Å². The number of hydrogen-bond donors (Lipinski definition) is 2. The summed E-state index contributed by atoms with van der Waals surface area (Å²) in [6.45, 7) is 9.20. The van der Waals surface area contributed by atoms with Crippen LogP contribution in [0.5, 0.6) is 0 Å². The number of hydrogen-bond acceptors (Lipinski definition) is 5. The van der Waals surface area contributed by atoms with Crippen molar-refractivity contribution < 1.29 is 13.9 Å². The van der Waals surface area contributed by atoms with Crippen LogP contribution in [0.15, 0.2) is 50.2 Å². The lowest BCUT2D eigenvalue weighted by molar-refractivity contribution is 0.0507.